The van der Waals surface area contributed by atoms with Crippen molar-refractivity contribution in [3.63, 3.8) is 0 Å². The molecule has 1 aromatic rings. The molecular formula is C16H23NO2S. The zero-order valence-electron chi connectivity index (χ0n) is 12.1. The van der Waals surface area contributed by atoms with Gasteiger partial charge in [-0.3, -0.25) is 0 Å². The van der Waals surface area contributed by atoms with Gasteiger partial charge in [0.15, 0.2) is 0 Å². The van der Waals surface area contributed by atoms with Crippen LogP contribution in [0.2, 0.25) is 0 Å². The Kier molecular flexibility index (Phi) is 5.00. The first-order chi connectivity index (χ1) is 9.49. The van der Waals surface area contributed by atoms with Crippen LogP contribution in [0.15, 0.2) is 41.3 Å². The Labute approximate surface area is 122 Å². The van der Waals surface area contributed by atoms with Crippen LogP contribution in [0.5, 0.6) is 0 Å². The molecular weight excluding hydrogens is 270 g/mol. The van der Waals surface area contributed by atoms with Gasteiger partial charge in [0.05, 0.1) is 4.90 Å². The van der Waals surface area contributed by atoms with Crippen molar-refractivity contribution in [1.82, 2.24) is 4.72 Å². The van der Waals surface area contributed by atoms with Crippen molar-refractivity contribution >= 4 is 10.0 Å². The molecule has 1 saturated carbocycles. The first-order valence-electron chi connectivity index (χ1n) is 7.23. The zero-order chi connectivity index (χ0) is 14.6. The highest BCUT2D eigenvalue weighted by Crippen LogP contribution is 2.32. The lowest BCUT2D eigenvalue weighted by molar-refractivity contribution is 0.443. The number of sulfonamides is 1. The predicted octanol–water partition coefficient (Wildman–Crippen LogP) is 3.59. The minimum absolute atomic E-state index is 0.284. The number of hydrogen-bond acceptors (Lipinski definition) is 2. The molecule has 0 atom stereocenters. The summed E-state index contributed by atoms with van der Waals surface area (Å²) < 4.78 is 26.7. The van der Waals surface area contributed by atoms with E-state index in [-0.39, 0.29) is 6.54 Å². The smallest absolute Gasteiger partial charge is 0.207 e. The molecule has 20 heavy (non-hydrogen) atoms. The summed E-state index contributed by atoms with van der Waals surface area (Å²) in [5, 5.41) is 0. The van der Waals surface area contributed by atoms with E-state index in [2.05, 4.69) is 11.3 Å². The van der Waals surface area contributed by atoms with Gasteiger partial charge in [-0.15, -0.1) is 0 Å². The quantitative estimate of drug-likeness (QED) is 0.843. The average molecular weight is 293 g/mol. The van der Waals surface area contributed by atoms with E-state index < -0.39 is 10.0 Å². The van der Waals surface area contributed by atoms with Crippen molar-refractivity contribution in [1.29, 1.82) is 0 Å². The SMILES string of the molecule is C=C(C)CNS(=O)(=O)c1ccc(C2CCCCC2)cc1. The van der Waals surface area contributed by atoms with Gasteiger partial charge in [0.2, 0.25) is 10.0 Å². The summed E-state index contributed by atoms with van der Waals surface area (Å²) in [7, 11) is -3.41. The summed E-state index contributed by atoms with van der Waals surface area (Å²) in [6, 6.07) is 7.35. The van der Waals surface area contributed by atoms with Gasteiger partial charge in [-0.2, -0.15) is 0 Å². The van der Waals surface area contributed by atoms with Crippen LogP contribution in [-0.2, 0) is 10.0 Å². The Balaban J connectivity index is 2.09. The molecule has 1 aromatic carbocycles. The van der Waals surface area contributed by atoms with E-state index in [1.54, 1.807) is 19.1 Å². The number of benzene rings is 1. The van der Waals surface area contributed by atoms with Gasteiger partial charge in [-0.05, 0) is 43.4 Å². The third-order valence-corrected chi connectivity index (χ3v) is 5.25. The first kappa shape index (κ1) is 15.3. The Morgan fingerprint density at radius 2 is 1.80 bits per heavy atom. The van der Waals surface area contributed by atoms with Gasteiger partial charge in [0, 0.05) is 6.54 Å². The minimum atomic E-state index is -3.41. The Bertz CT molecular complexity index is 555. The number of hydrogen-bond donors (Lipinski definition) is 1. The van der Waals surface area contributed by atoms with Gasteiger partial charge in [-0.1, -0.05) is 43.5 Å². The van der Waals surface area contributed by atoms with E-state index in [4.69, 9.17) is 0 Å². The summed E-state index contributed by atoms with van der Waals surface area (Å²) >= 11 is 0. The molecule has 0 radical (unpaired) electrons. The maximum absolute atomic E-state index is 12.1. The van der Waals surface area contributed by atoms with Crippen LogP contribution >= 0.6 is 0 Å². The largest absolute Gasteiger partial charge is 0.240 e. The zero-order valence-corrected chi connectivity index (χ0v) is 12.9. The molecule has 0 aliphatic heterocycles. The second kappa shape index (κ2) is 6.55. The predicted molar refractivity (Wildman–Crippen MR) is 82.3 cm³/mol. The van der Waals surface area contributed by atoms with Gasteiger partial charge in [-0.25, -0.2) is 13.1 Å². The standard InChI is InChI=1S/C16H23NO2S/c1-13(2)12-17-20(18,19)16-10-8-15(9-11-16)14-6-4-3-5-7-14/h8-11,14,17H,1,3-7,12H2,2H3. The van der Waals surface area contributed by atoms with Crippen molar-refractivity contribution in [3.8, 4) is 0 Å². The normalized spacial score (nSPS) is 17.1. The summed E-state index contributed by atoms with van der Waals surface area (Å²) in [5.41, 5.74) is 2.07. The number of nitrogens with one attached hydrogen (secondary N) is 1. The second-order valence-electron chi connectivity index (χ2n) is 5.69. The van der Waals surface area contributed by atoms with Crippen molar-refractivity contribution in [2.45, 2.75) is 49.8 Å². The van der Waals surface area contributed by atoms with Crippen molar-refractivity contribution in [2.75, 3.05) is 6.54 Å². The fourth-order valence-corrected chi connectivity index (χ4v) is 3.75. The van der Waals surface area contributed by atoms with Crippen LogP contribution in [0.1, 0.15) is 50.5 Å². The minimum Gasteiger partial charge on any atom is -0.207 e. The van der Waals surface area contributed by atoms with Gasteiger partial charge < -0.3 is 0 Å². The Morgan fingerprint density at radius 3 is 2.35 bits per heavy atom. The highest BCUT2D eigenvalue weighted by molar-refractivity contribution is 7.89. The third kappa shape index (κ3) is 3.93. The van der Waals surface area contributed by atoms with Crippen LogP contribution in [0.3, 0.4) is 0 Å². The van der Waals surface area contributed by atoms with E-state index in [1.165, 1.54) is 37.7 Å². The van der Waals surface area contributed by atoms with Crippen molar-refractivity contribution < 1.29 is 8.42 Å². The monoisotopic (exact) mass is 293 g/mol. The molecule has 0 saturated heterocycles. The summed E-state index contributed by atoms with van der Waals surface area (Å²) in [6.07, 6.45) is 6.34. The maximum Gasteiger partial charge on any atom is 0.240 e. The van der Waals surface area contributed by atoms with Crippen LogP contribution in [0.4, 0.5) is 0 Å². The summed E-state index contributed by atoms with van der Waals surface area (Å²) in [6.45, 7) is 5.78. The third-order valence-electron chi connectivity index (χ3n) is 3.83. The molecule has 1 N–H and O–H groups in total. The molecule has 3 nitrogen and oxygen atoms in total. The molecule has 0 bridgehead atoms. The van der Waals surface area contributed by atoms with Gasteiger partial charge >= 0.3 is 0 Å². The van der Waals surface area contributed by atoms with Crippen LogP contribution in [-0.4, -0.2) is 15.0 Å². The van der Waals surface area contributed by atoms with Gasteiger partial charge in [0.1, 0.15) is 0 Å². The summed E-state index contributed by atoms with van der Waals surface area (Å²) in [4.78, 5) is 0.332. The molecule has 1 fully saturated rings. The van der Waals surface area contributed by atoms with Crippen LogP contribution in [0.25, 0.3) is 0 Å². The average Bonchev–Trinajstić information content (AvgIpc) is 2.46. The Hall–Kier alpha value is -1.13. The van der Waals surface area contributed by atoms with Crippen molar-refractivity contribution in [2.24, 2.45) is 0 Å². The second-order valence-corrected chi connectivity index (χ2v) is 7.45. The molecule has 0 aromatic heterocycles. The van der Waals surface area contributed by atoms with E-state index >= 15 is 0 Å². The lowest BCUT2D eigenvalue weighted by Crippen LogP contribution is -2.25. The highest BCUT2D eigenvalue weighted by atomic mass is 32.2. The highest BCUT2D eigenvalue weighted by Gasteiger charge is 2.17. The van der Waals surface area contributed by atoms with E-state index in [1.807, 2.05) is 12.1 Å². The maximum atomic E-state index is 12.1. The number of rotatable bonds is 5. The Morgan fingerprint density at radius 1 is 1.20 bits per heavy atom. The van der Waals surface area contributed by atoms with E-state index in [0.29, 0.717) is 10.8 Å². The molecule has 0 spiro atoms. The molecule has 0 amide bonds. The fraction of sp³-hybridized carbons (Fsp3) is 0.500. The lowest BCUT2D eigenvalue weighted by Gasteiger charge is -2.22. The lowest BCUT2D eigenvalue weighted by atomic mass is 9.84. The van der Waals surface area contributed by atoms with E-state index in [0.717, 1.165) is 5.57 Å². The molecule has 0 heterocycles. The van der Waals surface area contributed by atoms with Crippen molar-refractivity contribution in [3.05, 3.63) is 42.0 Å². The molecule has 0 unspecified atom stereocenters. The molecule has 1 aliphatic rings. The molecule has 4 heteroatoms. The van der Waals surface area contributed by atoms with Crippen LogP contribution < -0.4 is 4.72 Å². The molecule has 1 aliphatic carbocycles. The summed E-state index contributed by atoms with van der Waals surface area (Å²) in [5.74, 6) is 0.601. The van der Waals surface area contributed by atoms with Gasteiger partial charge in [0.25, 0.3) is 0 Å². The van der Waals surface area contributed by atoms with E-state index in [9.17, 15) is 8.42 Å². The van der Waals surface area contributed by atoms with Crippen LogP contribution in [0, 0.1) is 0 Å². The molecule has 2 rings (SSSR count). The topological polar surface area (TPSA) is 46.2 Å². The fourth-order valence-electron chi connectivity index (χ4n) is 2.66. The first-order valence-corrected chi connectivity index (χ1v) is 8.71. The molecule has 110 valence electrons.